The summed E-state index contributed by atoms with van der Waals surface area (Å²) in [7, 11) is 1.90. The van der Waals surface area contributed by atoms with Gasteiger partial charge in [0.05, 0.1) is 0 Å². The molecule has 0 bridgehead atoms. The van der Waals surface area contributed by atoms with Gasteiger partial charge < -0.3 is 15.5 Å². The number of nitrogens with one attached hydrogen (secondary N) is 2. The third-order valence-corrected chi connectivity index (χ3v) is 4.78. The molecule has 7 heteroatoms. The van der Waals surface area contributed by atoms with Crippen LogP contribution in [0, 0.1) is 5.92 Å². The summed E-state index contributed by atoms with van der Waals surface area (Å²) >= 11 is 0. The van der Waals surface area contributed by atoms with Gasteiger partial charge in [-0.25, -0.2) is 4.79 Å². The summed E-state index contributed by atoms with van der Waals surface area (Å²) in [5.41, 5.74) is 1.91. The number of rotatable bonds is 8. The standard InChI is InChI=1S/C19H29N3O4/c1-20-13-15-7-9-17(10-8-15)18(23)22-12-4-6-16(14-22)5-2-3-11-21-19(24)26-25/h7-10,16,20,25H,2-6,11-14H2,1H3,(H,21,24)/t16-/m1/s1. The van der Waals surface area contributed by atoms with E-state index in [0.29, 0.717) is 12.5 Å². The molecule has 26 heavy (non-hydrogen) atoms. The van der Waals surface area contributed by atoms with E-state index >= 15 is 0 Å². The Bertz CT molecular complexity index is 577. The van der Waals surface area contributed by atoms with Crippen molar-refractivity contribution in [2.75, 3.05) is 26.7 Å². The summed E-state index contributed by atoms with van der Waals surface area (Å²) in [6.45, 7) is 2.89. The summed E-state index contributed by atoms with van der Waals surface area (Å²) in [5, 5.41) is 13.7. The first-order valence-corrected chi connectivity index (χ1v) is 9.26. The van der Waals surface area contributed by atoms with Crippen LogP contribution in [-0.4, -0.2) is 48.8 Å². The number of nitrogens with zero attached hydrogens (tertiary/aromatic N) is 1. The summed E-state index contributed by atoms with van der Waals surface area (Å²) in [4.78, 5) is 29.0. The predicted octanol–water partition coefficient (Wildman–Crippen LogP) is 2.63. The molecule has 1 heterocycles. The first-order valence-electron chi connectivity index (χ1n) is 9.26. The van der Waals surface area contributed by atoms with Crippen LogP contribution in [0.3, 0.4) is 0 Å². The van der Waals surface area contributed by atoms with Gasteiger partial charge in [-0.3, -0.25) is 9.68 Å². The third-order valence-electron chi connectivity index (χ3n) is 4.78. The van der Waals surface area contributed by atoms with Crippen molar-refractivity contribution in [1.29, 1.82) is 0 Å². The van der Waals surface area contributed by atoms with E-state index in [1.165, 1.54) is 5.56 Å². The number of hydrogen-bond acceptors (Lipinski definition) is 5. The quantitative estimate of drug-likeness (QED) is 0.375. The van der Waals surface area contributed by atoms with Crippen LogP contribution in [0.15, 0.2) is 24.3 Å². The van der Waals surface area contributed by atoms with E-state index in [4.69, 9.17) is 5.26 Å². The number of benzene rings is 1. The first-order chi connectivity index (χ1) is 12.6. The van der Waals surface area contributed by atoms with Crippen molar-refractivity contribution < 1.29 is 19.7 Å². The number of likely N-dealkylation sites (tertiary alicyclic amines) is 1. The molecule has 1 aromatic carbocycles. The third kappa shape index (κ3) is 6.31. The minimum atomic E-state index is -0.819. The summed E-state index contributed by atoms with van der Waals surface area (Å²) in [5.74, 6) is 0.610. The molecular weight excluding hydrogens is 334 g/mol. The highest BCUT2D eigenvalue weighted by molar-refractivity contribution is 5.94. The lowest BCUT2D eigenvalue weighted by Crippen LogP contribution is -2.40. The zero-order chi connectivity index (χ0) is 18.8. The largest absolute Gasteiger partial charge is 0.438 e. The zero-order valence-electron chi connectivity index (χ0n) is 15.4. The monoisotopic (exact) mass is 363 g/mol. The number of amides is 2. The fourth-order valence-electron chi connectivity index (χ4n) is 3.42. The summed E-state index contributed by atoms with van der Waals surface area (Å²) in [6, 6.07) is 7.81. The van der Waals surface area contributed by atoms with E-state index in [-0.39, 0.29) is 5.91 Å². The second kappa shape index (κ2) is 10.8. The van der Waals surface area contributed by atoms with E-state index in [0.717, 1.165) is 57.3 Å². The number of unbranched alkanes of at least 4 members (excludes halogenated alkanes) is 1. The van der Waals surface area contributed by atoms with E-state index in [1.54, 1.807) is 0 Å². The zero-order valence-corrected chi connectivity index (χ0v) is 15.4. The second-order valence-corrected chi connectivity index (χ2v) is 6.79. The number of piperidine rings is 1. The first kappa shape index (κ1) is 20.2. The molecule has 7 nitrogen and oxygen atoms in total. The molecule has 1 aliphatic rings. The van der Waals surface area contributed by atoms with E-state index in [1.807, 2.05) is 36.2 Å². The van der Waals surface area contributed by atoms with Crippen molar-refractivity contribution in [2.45, 2.75) is 38.6 Å². The van der Waals surface area contributed by atoms with Gasteiger partial charge in [-0.05, 0) is 56.3 Å². The fourth-order valence-corrected chi connectivity index (χ4v) is 3.42. The molecule has 0 aliphatic carbocycles. The number of carbonyl (C=O) groups is 2. The van der Waals surface area contributed by atoms with Crippen LogP contribution in [0.25, 0.3) is 0 Å². The molecular formula is C19H29N3O4. The lowest BCUT2D eigenvalue weighted by molar-refractivity contribution is -0.177. The Hall–Kier alpha value is -2.12. The lowest BCUT2D eigenvalue weighted by Gasteiger charge is -2.33. The van der Waals surface area contributed by atoms with Crippen LogP contribution in [0.5, 0.6) is 0 Å². The molecule has 1 fully saturated rings. The van der Waals surface area contributed by atoms with Crippen molar-refractivity contribution in [3.05, 3.63) is 35.4 Å². The maximum Gasteiger partial charge on any atom is 0.438 e. The Kier molecular flexibility index (Phi) is 8.37. The maximum absolute atomic E-state index is 12.7. The molecule has 0 unspecified atom stereocenters. The fraction of sp³-hybridized carbons (Fsp3) is 0.579. The van der Waals surface area contributed by atoms with Crippen molar-refractivity contribution in [1.82, 2.24) is 15.5 Å². The molecule has 2 rings (SSSR count). The smallest absolute Gasteiger partial charge is 0.338 e. The van der Waals surface area contributed by atoms with Gasteiger partial charge in [0.25, 0.3) is 5.91 Å². The Labute approximate surface area is 154 Å². The summed E-state index contributed by atoms with van der Waals surface area (Å²) < 4.78 is 0. The van der Waals surface area contributed by atoms with Crippen molar-refractivity contribution in [3.63, 3.8) is 0 Å². The highest BCUT2D eigenvalue weighted by atomic mass is 17.1. The average Bonchev–Trinajstić information content (AvgIpc) is 2.68. The lowest BCUT2D eigenvalue weighted by atomic mass is 9.92. The maximum atomic E-state index is 12.7. The van der Waals surface area contributed by atoms with E-state index < -0.39 is 6.09 Å². The summed E-state index contributed by atoms with van der Waals surface area (Å²) in [6.07, 6.45) is 4.17. The predicted molar refractivity (Wildman–Crippen MR) is 98.8 cm³/mol. The second-order valence-electron chi connectivity index (χ2n) is 6.79. The molecule has 1 aromatic rings. The Balaban J connectivity index is 1.76. The number of hydrogen-bond donors (Lipinski definition) is 3. The van der Waals surface area contributed by atoms with Crippen LogP contribution in [0.4, 0.5) is 4.79 Å². The Morgan fingerprint density at radius 3 is 2.73 bits per heavy atom. The van der Waals surface area contributed by atoms with Crippen LogP contribution >= 0.6 is 0 Å². The normalized spacial score (nSPS) is 17.0. The van der Waals surface area contributed by atoms with Crippen molar-refractivity contribution in [3.8, 4) is 0 Å². The van der Waals surface area contributed by atoms with Gasteiger partial charge in [0, 0.05) is 31.7 Å². The van der Waals surface area contributed by atoms with Gasteiger partial charge >= 0.3 is 6.09 Å². The van der Waals surface area contributed by atoms with Gasteiger partial charge in [-0.2, -0.15) is 5.26 Å². The van der Waals surface area contributed by atoms with E-state index in [2.05, 4.69) is 15.5 Å². The average molecular weight is 363 g/mol. The molecule has 2 amide bonds. The van der Waals surface area contributed by atoms with Gasteiger partial charge in [-0.1, -0.05) is 18.6 Å². The minimum absolute atomic E-state index is 0.109. The van der Waals surface area contributed by atoms with Crippen molar-refractivity contribution >= 4 is 12.0 Å². The van der Waals surface area contributed by atoms with Crippen LogP contribution < -0.4 is 10.6 Å². The van der Waals surface area contributed by atoms with Crippen LogP contribution in [0.2, 0.25) is 0 Å². The van der Waals surface area contributed by atoms with Gasteiger partial charge in [0.15, 0.2) is 0 Å². The molecule has 1 aliphatic heterocycles. The topological polar surface area (TPSA) is 90.9 Å². The van der Waals surface area contributed by atoms with Gasteiger partial charge in [0.2, 0.25) is 0 Å². The molecule has 0 spiro atoms. The van der Waals surface area contributed by atoms with Crippen molar-refractivity contribution in [2.24, 2.45) is 5.92 Å². The van der Waals surface area contributed by atoms with E-state index in [9.17, 15) is 9.59 Å². The van der Waals surface area contributed by atoms with Gasteiger partial charge in [0.1, 0.15) is 0 Å². The molecule has 3 N–H and O–H groups in total. The highest BCUT2D eigenvalue weighted by Gasteiger charge is 2.24. The van der Waals surface area contributed by atoms with Gasteiger partial charge in [-0.15, -0.1) is 0 Å². The minimum Gasteiger partial charge on any atom is -0.338 e. The molecule has 1 atom stereocenters. The molecule has 1 saturated heterocycles. The Morgan fingerprint density at radius 1 is 1.27 bits per heavy atom. The van der Waals surface area contributed by atoms with Crippen LogP contribution in [-0.2, 0) is 11.4 Å². The highest BCUT2D eigenvalue weighted by Crippen LogP contribution is 2.23. The Morgan fingerprint density at radius 2 is 2.04 bits per heavy atom. The molecule has 144 valence electrons. The van der Waals surface area contributed by atoms with Crippen LogP contribution in [0.1, 0.15) is 48.0 Å². The SMILES string of the molecule is CNCc1ccc(C(=O)N2CCC[C@@H](CCCCNC(=O)OO)C2)cc1. The number of carbonyl (C=O) groups excluding carboxylic acids is 2. The molecule has 0 saturated carbocycles. The molecule has 0 radical (unpaired) electrons. The molecule has 0 aromatic heterocycles.